The molecule has 0 aliphatic carbocycles. The fourth-order valence-electron chi connectivity index (χ4n) is 16.3. The summed E-state index contributed by atoms with van der Waals surface area (Å²) in [4.78, 5) is 0. The topological polar surface area (TPSA) is 4.93 Å². The van der Waals surface area contributed by atoms with Crippen molar-refractivity contribution in [3.05, 3.63) is 370 Å². The molecule has 0 aliphatic heterocycles. The Balaban J connectivity index is 0.980. The predicted molar refractivity (Wildman–Crippen MR) is 414 cm³/mol. The third kappa shape index (κ3) is 9.01. The van der Waals surface area contributed by atoms with Gasteiger partial charge in [-0.15, -0.1) is 0 Å². The standard InChI is InChI=1S/C96H61N/c1-10-30-62(31-11-1)72-54-58-81-79(60-72)80-61-73(63-32-12-2-13-33-63)55-59-82(80)97(81)74-56-52-71(53-57-74)86-85(66-38-18-5-19-39-66)89(69-44-24-8-25-45-69)95-77-50-28-48-75-91(77)92-76(49-29-51-78(92)96(95)90(86)70-46-26-9-27-47-70)94-88(68-42-22-7-23-43-68)84(65-36-16-4-17-37-65)83(64-34-14-3-15-35-64)87(93(75)94)67-40-20-6-21-41-67/h1-61H. The van der Waals surface area contributed by atoms with E-state index >= 15 is 0 Å². The van der Waals surface area contributed by atoms with Gasteiger partial charge in [0.05, 0.1) is 11.0 Å². The minimum Gasteiger partial charge on any atom is -0.309 e. The van der Waals surface area contributed by atoms with Gasteiger partial charge >= 0.3 is 0 Å². The zero-order valence-corrected chi connectivity index (χ0v) is 53.2. The molecule has 97 heavy (non-hydrogen) atoms. The maximum Gasteiger partial charge on any atom is 0.0541 e. The largest absolute Gasteiger partial charge is 0.309 e. The van der Waals surface area contributed by atoms with Crippen molar-refractivity contribution in [1.82, 2.24) is 4.57 Å². The van der Waals surface area contributed by atoms with Gasteiger partial charge in [0.25, 0.3) is 0 Å². The first-order valence-electron chi connectivity index (χ1n) is 33.7. The number of hydrogen-bond donors (Lipinski definition) is 0. The molecule has 0 saturated carbocycles. The Morgan fingerprint density at radius 1 is 0.134 bits per heavy atom. The van der Waals surface area contributed by atoms with Gasteiger partial charge in [0.2, 0.25) is 0 Å². The van der Waals surface area contributed by atoms with Gasteiger partial charge in [0.15, 0.2) is 0 Å². The number of aromatic nitrogens is 1. The highest BCUT2D eigenvalue weighted by Gasteiger charge is 2.32. The molecule has 1 nitrogen and oxygen atoms in total. The second kappa shape index (κ2) is 23.1. The molecule has 1 heterocycles. The Kier molecular flexibility index (Phi) is 13.3. The monoisotopic (exact) mass is 1230 g/mol. The first-order chi connectivity index (χ1) is 48.2. The van der Waals surface area contributed by atoms with Gasteiger partial charge in [-0.1, -0.05) is 334 Å². The summed E-state index contributed by atoms with van der Waals surface area (Å²) in [6.45, 7) is 0. The van der Waals surface area contributed by atoms with Crippen LogP contribution in [0.1, 0.15) is 0 Å². The Morgan fingerprint density at radius 2 is 0.351 bits per heavy atom. The van der Waals surface area contributed by atoms with Crippen molar-refractivity contribution in [2.75, 3.05) is 0 Å². The lowest BCUT2D eigenvalue weighted by atomic mass is 9.73. The molecule has 0 fully saturated rings. The van der Waals surface area contributed by atoms with Gasteiger partial charge in [0, 0.05) is 16.5 Å². The third-order valence-electron chi connectivity index (χ3n) is 20.3. The lowest BCUT2D eigenvalue weighted by Crippen LogP contribution is -2.02. The Labute approximate surface area is 563 Å². The molecule has 0 radical (unpaired) electrons. The van der Waals surface area contributed by atoms with E-state index in [4.69, 9.17) is 0 Å². The van der Waals surface area contributed by atoms with Crippen molar-refractivity contribution in [1.29, 1.82) is 0 Å². The molecule has 0 amide bonds. The minimum absolute atomic E-state index is 1.10. The Hall–Kier alpha value is -12.7. The molecular formula is C96H61N. The zero-order chi connectivity index (χ0) is 63.9. The number of benzene rings is 18. The van der Waals surface area contributed by atoms with Gasteiger partial charge in [-0.25, -0.2) is 0 Å². The van der Waals surface area contributed by atoms with E-state index in [1.807, 2.05) is 0 Å². The van der Waals surface area contributed by atoms with Crippen LogP contribution in [0.3, 0.4) is 0 Å². The Morgan fingerprint density at radius 3 is 0.608 bits per heavy atom. The van der Waals surface area contributed by atoms with Crippen LogP contribution >= 0.6 is 0 Å². The lowest BCUT2D eigenvalue weighted by molar-refractivity contribution is 1.18. The van der Waals surface area contributed by atoms with Gasteiger partial charge < -0.3 is 4.57 Å². The quantitative estimate of drug-likeness (QED) is 0.0898. The summed E-state index contributed by atoms with van der Waals surface area (Å²) in [6, 6.07) is 138. The van der Waals surface area contributed by atoms with Gasteiger partial charge in [-0.3, -0.25) is 0 Å². The van der Waals surface area contributed by atoms with Gasteiger partial charge in [-0.05, 0) is 202 Å². The average molecular weight is 1230 g/mol. The van der Waals surface area contributed by atoms with Gasteiger partial charge in [-0.2, -0.15) is 0 Å². The van der Waals surface area contributed by atoms with Crippen LogP contribution in [0.15, 0.2) is 370 Å². The molecule has 1 heteroatoms. The predicted octanol–water partition coefficient (Wildman–Crippen LogP) is 26.7. The van der Waals surface area contributed by atoms with E-state index in [-0.39, 0.29) is 0 Å². The SMILES string of the molecule is c1ccc(-c2ccc3c(c2)c2cc(-c4ccccc4)ccc2n3-c2ccc(-c3c(-c4ccccc4)c(-c4ccccc4)c4c5cccc6c7c(-c8ccccc8)c(-c8ccccc8)c(-c8ccccc8)c(-c8ccccc8)c7c7cccc(c4c3-c3ccccc3)c7c65)cc2)cc1. The highest BCUT2D eigenvalue weighted by Crippen LogP contribution is 2.60. The molecule has 0 bridgehead atoms. The fourth-order valence-corrected chi connectivity index (χ4v) is 16.3. The van der Waals surface area contributed by atoms with E-state index in [1.165, 1.54) is 154 Å². The van der Waals surface area contributed by atoms with Gasteiger partial charge in [0.1, 0.15) is 0 Å². The summed E-state index contributed by atoms with van der Waals surface area (Å²) >= 11 is 0. The van der Waals surface area contributed by atoms with Crippen LogP contribution in [-0.4, -0.2) is 4.57 Å². The first-order valence-corrected chi connectivity index (χ1v) is 33.7. The van der Waals surface area contributed by atoms with E-state index in [0.29, 0.717) is 0 Å². The molecule has 18 aromatic carbocycles. The van der Waals surface area contributed by atoms with Crippen LogP contribution in [-0.2, 0) is 0 Å². The van der Waals surface area contributed by atoms with Crippen molar-refractivity contribution < 1.29 is 0 Å². The molecule has 19 aromatic rings. The molecule has 0 aliphatic rings. The molecule has 0 N–H and O–H groups in total. The second-order valence-electron chi connectivity index (χ2n) is 25.6. The zero-order valence-electron chi connectivity index (χ0n) is 53.2. The normalized spacial score (nSPS) is 11.7. The van der Waals surface area contributed by atoms with E-state index in [9.17, 15) is 0 Å². The molecule has 0 spiro atoms. The summed E-state index contributed by atoms with van der Waals surface area (Å²) < 4.78 is 2.47. The van der Waals surface area contributed by atoms with Crippen LogP contribution < -0.4 is 0 Å². The van der Waals surface area contributed by atoms with Crippen molar-refractivity contribution in [3.63, 3.8) is 0 Å². The summed E-state index contributed by atoms with van der Waals surface area (Å²) in [5, 5.41) is 14.8. The first kappa shape index (κ1) is 55.9. The molecule has 450 valence electrons. The van der Waals surface area contributed by atoms with E-state index in [0.717, 1.165) is 39.0 Å². The van der Waals surface area contributed by atoms with Crippen LogP contribution in [0.5, 0.6) is 0 Å². The fraction of sp³-hybridized carbons (Fsp3) is 0. The van der Waals surface area contributed by atoms with Crippen molar-refractivity contribution in [2.24, 2.45) is 0 Å². The number of fused-ring (bicyclic) bond motifs is 9. The van der Waals surface area contributed by atoms with E-state index < -0.39 is 0 Å². The average Bonchev–Trinajstić information content (AvgIpc) is 1.05. The summed E-state index contributed by atoms with van der Waals surface area (Å²) in [5.74, 6) is 0. The number of hydrogen-bond acceptors (Lipinski definition) is 0. The van der Waals surface area contributed by atoms with Crippen LogP contribution in [0.25, 0.3) is 193 Å². The molecule has 0 unspecified atom stereocenters. The molecule has 1 aromatic heterocycles. The highest BCUT2D eigenvalue weighted by molar-refractivity contribution is 6.46. The van der Waals surface area contributed by atoms with E-state index in [2.05, 4.69) is 375 Å². The molecular weight excluding hydrogens is 1170 g/mol. The molecule has 19 rings (SSSR count). The van der Waals surface area contributed by atoms with E-state index in [1.54, 1.807) is 0 Å². The maximum atomic E-state index is 2.47. The van der Waals surface area contributed by atoms with Crippen molar-refractivity contribution >= 4 is 75.7 Å². The Bertz CT molecular complexity index is 6090. The van der Waals surface area contributed by atoms with Crippen molar-refractivity contribution in [2.45, 2.75) is 0 Å². The molecule has 0 atom stereocenters. The van der Waals surface area contributed by atoms with Crippen LogP contribution in [0.4, 0.5) is 0 Å². The third-order valence-corrected chi connectivity index (χ3v) is 20.3. The van der Waals surface area contributed by atoms with Crippen LogP contribution in [0.2, 0.25) is 0 Å². The smallest absolute Gasteiger partial charge is 0.0541 e. The second-order valence-corrected chi connectivity index (χ2v) is 25.6. The maximum absolute atomic E-state index is 2.47. The van der Waals surface area contributed by atoms with Crippen molar-refractivity contribution in [3.8, 4) is 117 Å². The van der Waals surface area contributed by atoms with Crippen LogP contribution in [0, 0.1) is 0 Å². The number of rotatable bonds is 11. The molecule has 0 saturated heterocycles. The summed E-state index contributed by atoms with van der Waals surface area (Å²) in [6.07, 6.45) is 0. The number of nitrogens with zero attached hydrogens (tertiary/aromatic N) is 1. The minimum atomic E-state index is 1.10. The highest BCUT2D eigenvalue weighted by atomic mass is 15.0. The lowest BCUT2D eigenvalue weighted by Gasteiger charge is -2.29. The summed E-state index contributed by atoms with van der Waals surface area (Å²) in [5.41, 5.74) is 27.2. The summed E-state index contributed by atoms with van der Waals surface area (Å²) in [7, 11) is 0.